The average Bonchev–Trinajstić information content (AvgIpc) is 2.87. The summed E-state index contributed by atoms with van der Waals surface area (Å²) in [5.41, 5.74) is 4.02. The van der Waals surface area contributed by atoms with E-state index in [9.17, 15) is 0 Å². The van der Waals surface area contributed by atoms with Gasteiger partial charge < -0.3 is 4.74 Å². The molecule has 0 spiro atoms. The molecule has 1 nitrogen and oxygen atoms in total. The first-order valence-corrected chi connectivity index (χ1v) is 6.83. The van der Waals surface area contributed by atoms with Gasteiger partial charge in [-0.1, -0.05) is 18.2 Å². The van der Waals surface area contributed by atoms with Crippen LogP contribution in [0, 0.1) is 0 Å². The van der Waals surface area contributed by atoms with Gasteiger partial charge in [0.25, 0.3) is 0 Å². The smallest absolute Gasteiger partial charge is 0.127 e. The number of fused-ring (bicyclic) bond motifs is 1. The van der Waals surface area contributed by atoms with Gasteiger partial charge >= 0.3 is 0 Å². The van der Waals surface area contributed by atoms with Gasteiger partial charge in [-0.2, -0.15) is 0 Å². The maximum absolute atomic E-state index is 5.86. The second-order valence-electron chi connectivity index (χ2n) is 4.66. The first kappa shape index (κ1) is 11.6. The van der Waals surface area contributed by atoms with Crippen molar-refractivity contribution >= 4 is 11.6 Å². The highest BCUT2D eigenvalue weighted by atomic mass is 35.5. The van der Waals surface area contributed by atoms with Gasteiger partial charge in [-0.15, -0.1) is 11.6 Å². The molecule has 0 unspecified atom stereocenters. The molecule has 0 amide bonds. The monoisotopic (exact) mass is 258 g/mol. The first-order chi connectivity index (χ1) is 8.85. The molecule has 0 aromatic heterocycles. The lowest BCUT2D eigenvalue weighted by molar-refractivity contribution is 0.482. The number of aryl methyl sites for hydroxylation is 2. The lowest BCUT2D eigenvalue weighted by Gasteiger charge is -2.08. The SMILES string of the molecule is ClCc1ccc(Oc2ccc3c(c2)CCC3)cc1. The number of rotatable bonds is 3. The number of ether oxygens (including phenoxy) is 1. The van der Waals surface area contributed by atoms with E-state index in [0.717, 1.165) is 17.1 Å². The van der Waals surface area contributed by atoms with E-state index in [1.54, 1.807) is 0 Å². The molecule has 0 radical (unpaired) electrons. The summed E-state index contributed by atoms with van der Waals surface area (Å²) in [5.74, 6) is 2.33. The molecule has 0 saturated heterocycles. The molecule has 3 rings (SSSR count). The number of halogens is 1. The number of alkyl halides is 1. The molecule has 0 fully saturated rings. The summed E-state index contributed by atoms with van der Waals surface area (Å²) in [4.78, 5) is 0. The van der Waals surface area contributed by atoms with Gasteiger partial charge in [0.15, 0.2) is 0 Å². The van der Waals surface area contributed by atoms with Crippen LogP contribution in [0.2, 0.25) is 0 Å². The average molecular weight is 259 g/mol. The third kappa shape index (κ3) is 2.37. The lowest BCUT2D eigenvalue weighted by Crippen LogP contribution is -1.88. The van der Waals surface area contributed by atoms with Crippen LogP contribution in [0.15, 0.2) is 42.5 Å². The first-order valence-electron chi connectivity index (χ1n) is 6.30. The van der Waals surface area contributed by atoms with Crippen LogP contribution in [0.25, 0.3) is 0 Å². The number of benzene rings is 2. The minimum absolute atomic E-state index is 0.541. The second kappa shape index (κ2) is 5.03. The Hall–Kier alpha value is -1.47. The Kier molecular flexibility index (Phi) is 3.24. The van der Waals surface area contributed by atoms with Gasteiger partial charge in [0.2, 0.25) is 0 Å². The fourth-order valence-electron chi connectivity index (χ4n) is 2.39. The predicted octanol–water partition coefficient (Wildman–Crippen LogP) is 4.71. The maximum Gasteiger partial charge on any atom is 0.127 e. The lowest BCUT2D eigenvalue weighted by atomic mass is 10.1. The Balaban J connectivity index is 1.79. The summed E-state index contributed by atoms with van der Waals surface area (Å²) < 4.78 is 5.86. The van der Waals surface area contributed by atoms with Crippen molar-refractivity contribution in [2.75, 3.05) is 0 Å². The fraction of sp³-hybridized carbons (Fsp3) is 0.250. The van der Waals surface area contributed by atoms with Crippen molar-refractivity contribution in [1.82, 2.24) is 0 Å². The van der Waals surface area contributed by atoms with Crippen LogP contribution >= 0.6 is 11.6 Å². The van der Waals surface area contributed by atoms with E-state index in [4.69, 9.17) is 16.3 Å². The van der Waals surface area contributed by atoms with E-state index in [-0.39, 0.29) is 0 Å². The van der Waals surface area contributed by atoms with Gasteiger partial charge in [0.05, 0.1) is 0 Å². The predicted molar refractivity (Wildman–Crippen MR) is 74.5 cm³/mol. The molecular formula is C16H15ClO. The summed E-state index contributed by atoms with van der Waals surface area (Å²) in [6.07, 6.45) is 3.65. The molecule has 0 atom stereocenters. The van der Waals surface area contributed by atoms with E-state index >= 15 is 0 Å². The molecule has 92 valence electrons. The highest BCUT2D eigenvalue weighted by Gasteiger charge is 2.11. The molecule has 0 heterocycles. The summed E-state index contributed by atoms with van der Waals surface area (Å²) in [7, 11) is 0. The molecular weight excluding hydrogens is 244 g/mol. The zero-order valence-electron chi connectivity index (χ0n) is 10.2. The van der Waals surface area contributed by atoms with Gasteiger partial charge in [-0.05, 0) is 60.2 Å². The Labute approximate surface area is 112 Å². The molecule has 0 saturated carbocycles. The summed E-state index contributed by atoms with van der Waals surface area (Å²) in [6, 6.07) is 14.3. The molecule has 1 aliphatic carbocycles. The molecule has 1 aliphatic rings. The van der Waals surface area contributed by atoms with Crippen LogP contribution in [0.3, 0.4) is 0 Å². The van der Waals surface area contributed by atoms with E-state index in [1.807, 2.05) is 24.3 Å². The summed E-state index contributed by atoms with van der Waals surface area (Å²) in [6.45, 7) is 0. The number of hydrogen-bond acceptors (Lipinski definition) is 1. The Morgan fingerprint density at radius 2 is 1.61 bits per heavy atom. The van der Waals surface area contributed by atoms with E-state index in [1.165, 1.54) is 30.4 Å². The molecule has 0 aliphatic heterocycles. The van der Waals surface area contributed by atoms with Gasteiger partial charge in [0.1, 0.15) is 11.5 Å². The molecule has 0 bridgehead atoms. The minimum atomic E-state index is 0.541. The molecule has 2 heteroatoms. The van der Waals surface area contributed by atoms with Crippen LogP contribution in [0.4, 0.5) is 0 Å². The van der Waals surface area contributed by atoms with Crippen LogP contribution < -0.4 is 4.74 Å². The van der Waals surface area contributed by atoms with Gasteiger partial charge in [-0.25, -0.2) is 0 Å². The van der Waals surface area contributed by atoms with Crippen molar-refractivity contribution in [2.24, 2.45) is 0 Å². The molecule has 2 aromatic rings. The van der Waals surface area contributed by atoms with Crippen molar-refractivity contribution in [1.29, 1.82) is 0 Å². The molecule has 18 heavy (non-hydrogen) atoms. The third-order valence-electron chi connectivity index (χ3n) is 3.38. The standard InChI is InChI=1S/C16H15ClO/c17-11-12-4-7-15(8-5-12)18-16-9-6-13-2-1-3-14(13)10-16/h4-10H,1-3,11H2. The van der Waals surface area contributed by atoms with Crippen LogP contribution in [0.5, 0.6) is 11.5 Å². The quantitative estimate of drug-likeness (QED) is 0.725. The second-order valence-corrected chi connectivity index (χ2v) is 4.93. The van der Waals surface area contributed by atoms with Gasteiger partial charge in [0, 0.05) is 5.88 Å². The van der Waals surface area contributed by atoms with Crippen LogP contribution in [-0.4, -0.2) is 0 Å². The Morgan fingerprint density at radius 3 is 2.39 bits per heavy atom. The van der Waals surface area contributed by atoms with Crippen molar-refractivity contribution in [3.8, 4) is 11.5 Å². The zero-order valence-corrected chi connectivity index (χ0v) is 10.9. The van der Waals surface area contributed by atoms with E-state index < -0.39 is 0 Å². The fourth-order valence-corrected chi connectivity index (χ4v) is 2.57. The minimum Gasteiger partial charge on any atom is -0.457 e. The zero-order chi connectivity index (χ0) is 12.4. The third-order valence-corrected chi connectivity index (χ3v) is 3.69. The number of hydrogen-bond donors (Lipinski definition) is 0. The van der Waals surface area contributed by atoms with Crippen molar-refractivity contribution in [3.05, 3.63) is 59.2 Å². The maximum atomic E-state index is 5.86. The summed E-state index contributed by atoms with van der Waals surface area (Å²) in [5, 5.41) is 0. The van der Waals surface area contributed by atoms with Crippen molar-refractivity contribution in [2.45, 2.75) is 25.1 Å². The Bertz CT molecular complexity index is 546. The molecule has 0 N–H and O–H groups in total. The summed E-state index contributed by atoms with van der Waals surface area (Å²) >= 11 is 5.76. The highest BCUT2D eigenvalue weighted by Crippen LogP contribution is 2.29. The topological polar surface area (TPSA) is 9.23 Å². The normalized spacial score (nSPS) is 13.4. The Morgan fingerprint density at radius 1 is 0.889 bits per heavy atom. The van der Waals surface area contributed by atoms with Crippen LogP contribution in [0.1, 0.15) is 23.1 Å². The largest absolute Gasteiger partial charge is 0.457 e. The van der Waals surface area contributed by atoms with Crippen molar-refractivity contribution in [3.63, 3.8) is 0 Å². The van der Waals surface area contributed by atoms with Gasteiger partial charge in [-0.3, -0.25) is 0 Å². The van der Waals surface area contributed by atoms with E-state index in [0.29, 0.717) is 5.88 Å². The van der Waals surface area contributed by atoms with Crippen molar-refractivity contribution < 1.29 is 4.74 Å². The molecule has 2 aromatic carbocycles. The van der Waals surface area contributed by atoms with Crippen LogP contribution in [-0.2, 0) is 18.7 Å². The highest BCUT2D eigenvalue weighted by molar-refractivity contribution is 6.17. The van der Waals surface area contributed by atoms with E-state index in [2.05, 4.69) is 18.2 Å².